The largest absolute Gasteiger partial charge is 0.362 e. The van der Waals surface area contributed by atoms with Crippen LogP contribution in [0.15, 0.2) is 5.10 Å². The molecule has 0 saturated carbocycles. The van der Waals surface area contributed by atoms with E-state index in [9.17, 15) is 0 Å². The van der Waals surface area contributed by atoms with Crippen LogP contribution >= 0.6 is 0 Å². The van der Waals surface area contributed by atoms with Crippen LogP contribution in [0.25, 0.3) is 0 Å². The molecule has 0 heterocycles. The van der Waals surface area contributed by atoms with Gasteiger partial charge in [0.05, 0.1) is 5.71 Å². The second kappa shape index (κ2) is 3.88. The molecule has 0 aromatic rings. The fourth-order valence-electron chi connectivity index (χ4n) is 0.239. The summed E-state index contributed by atoms with van der Waals surface area (Å²) in [4.78, 5) is 0. The molecule has 0 unspecified atom stereocenters. The highest BCUT2D eigenvalue weighted by Gasteiger charge is 1.84. The Morgan fingerprint density at radius 3 is 2.44 bits per heavy atom. The molecule has 0 aliphatic rings. The summed E-state index contributed by atoms with van der Waals surface area (Å²) < 4.78 is 0. The monoisotopic (exact) mass is 129 g/mol. The van der Waals surface area contributed by atoms with Crippen molar-refractivity contribution in [3.05, 3.63) is 0 Å². The van der Waals surface area contributed by atoms with Crippen molar-refractivity contribution in [3.63, 3.8) is 0 Å². The van der Waals surface area contributed by atoms with Crippen molar-refractivity contribution >= 4 is 11.7 Å². The van der Waals surface area contributed by atoms with Crippen LogP contribution in [0.4, 0.5) is 0 Å². The summed E-state index contributed by atoms with van der Waals surface area (Å²) in [5, 5.41) is 6.28. The highest BCUT2D eigenvalue weighted by Crippen LogP contribution is 1.75. The van der Waals surface area contributed by atoms with Crippen LogP contribution in [0.2, 0.25) is 0 Å². The number of hydrogen-bond acceptors (Lipinski definition) is 1. The van der Waals surface area contributed by atoms with E-state index in [1.165, 1.54) is 0 Å². The number of hydrazone groups is 1. The molecule has 0 spiro atoms. The van der Waals surface area contributed by atoms with Crippen molar-refractivity contribution in [1.82, 2.24) is 0 Å². The van der Waals surface area contributed by atoms with E-state index in [4.69, 9.17) is 11.5 Å². The molecular formula is C5H13N4+. The number of nitrogens with one attached hydrogen (secondary N) is 1. The lowest BCUT2D eigenvalue weighted by molar-refractivity contribution is -0.464. The molecular weight excluding hydrogens is 116 g/mol. The van der Waals surface area contributed by atoms with Crippen molar-refractivity contribution in [1.29, 1.82) is 0 Å². The van der Waals surface area contributed by atoms with Crippen molar-refractivity contribution in [2.45, 2.75) is 20.3 Å². The number of nitrogens with zero attached hydrogens (tertiary/aromatic N) is 1. The number of hydrogen-bond donors (Lipinski definition) is 3. The fourth-order valence-corrected chi connectivity index (χ4v) is 0.239. The van der Waals surface area contributed by atoms with Gasteiger partial charge in [0.25, 0.3) is 0 Å². The fraction of sp³-hybridized carbons (Fsp3) is 0.600. The smallest absolute Gasteiger partial charge is 0.289 e. The van der Waals surface area contributed by atoms with Gasteiger partial charge in [-0.05, 0) is 13.3 Å². The van der Waals surface area contributed by atoms with Gasteiger partial charge in [0.1, 0.15) is 0 Å². The Kier molecular flexibility index (Phi) is 3.43. The Hall–Kier alpha value is -1.06. The van der Waals surface area contributed by atoms with Gasteiger partial charge in [-0.3, -0.25) is 11.5 Å². The molecule has 0 saturated heterocycles. The summed E-state index contributed by atoms with van der Waals surface area (Å²) >= 11 is 0. The molecule has 5 N–H and O–H groups in total. The van der Waals surface area contributed by atoms with Gasteiger partial charge < -0.3 is 0 Å². The molecule has 0 fully saturated rings. The Morgan fingerprint density at radius 2 is 2.11 bits per heavy atom. The lowest BCUT2D eigenvalue weighted by Gasteiger charge is -1.85. The van der Waals surface area contributed by atoms with Crippen LogP contribution in [0.1, 0.15) is 20.3 Å². The Balaban J connectivity index is 3.83. The molecule has 0 rings (SSSR count). The van der Waals surface area contributed by atoms with Crippen LogP contribution in [-0.2, 0) is 0 Å². The Labute approximate surface area is 54.6 Å². The minimum absolute atomic E-state index is 0.128. The van der Waals surface area contributed by atoms with Gasteiger partial charge >= 0.3 is 5.96 Å². The first-order valence-corrected chi connectivity index (χ1v) is 2.84. The lowest BCUT2D eigenvalue weighted by atomic mass is 10.3. The van der Waals surface area contributed by atoms with Crippen molar-refractivity contribution in [2.24, 2.45) is 16.6 Å². The average molecular weight is 129 g/mol. The predicted molar refractivity (Wildman–Crippen MR) is 37.7 cm³/mol. The molecule has 0 aliphatic carbocycles. The first kappa shape index (κ1) is 7.94. The van der Waals surface area contributed by atoms with Gasteiger partial charge in [0, 0.05) is 0 Å². The van der Waals surface area contributed by atoms with Gasteiger partial charge in [-0.15, -0.1) is 5.10 Å². The Bertz CT molecular complexity index is 132. The molecule has 4 nitrogen and oxygen atoms in total. The summed E-state index contributed by atoms with van der Waals surface area (Å²) in [7, 11) is 0. The van der Waals surface area contributed by atoms with Crippen LogP contribution in [-0.4, -0.2) is 11.7 Å². The summed E-state index contributed by atoms with van der Waals surface area (Å²) in [5.74, 6) is 0.128. The minimum atomic E-state index is 0.128. The minimum Gasteiger partial charge on any atom is -0.289 e. The van der Waals surface area contributed by atoms with Gasteiger partial charge in [-0.2, -0.15) is 5.10 Å². The first-order chi connectivity index (χ1) is 4.16. The summed E-state index contributed by atoms with van der Waals surface area (Å²) in [5.41, 5.74) is 11.1. The number of guanidine groups is 1. The average Bonchev–Trinajstić information content (AvgIpc) is 1.83. The summed E-state index contributed by atoms with van der Waals surface area (Å²) in [6.45, 7) is 3.91. The molecule has 0 amide bonds. The van der Waals surface area contributed by atoms with E-state index >= 15 is 0 Å². The van der Waals surface area contributed by atoms with Gasteiger partial charge in [-0.1, -0.05) is 6.92 Å². The third kappa shape index (κ3) is 4.80. The molecule has 0 atom stereocenters. The highest BCUT2D eigenvalue weighted by molar-refractivity contribution is 5.81. The normalized spacial score (nSPS) is 11.1. The van der Waals surface area contributed by atoms with Crippen molar-refractivity contribution in [2.75, 3.05) is 0 Å². The van der Waals surface area contributed by atoms with E-state index in [2.05, 4.69) is 10.2 Å². The molecule has 0 aromatic heterocycles. The van der Waals surface area contributed by atoms with Gasteiger partial charge in [0.15, 0.2) is 0 Å². The van der Waals surface area contributed by atoms with E-state index in [0.717, 1.165) is 12.1 Å². The molecule has 52 valence electrons. The predicted octanol–water partition coefficient (Wildman–Crippen LogP) is -1.87. The van der Waals surface area contributed by atoms with Crippen LogP contribution in [0, 0.1) is 0 Å². The third-order valence-electron chi connectivity index (χ3n) is 0.888. The zero-order valence-electron chi connectivity index (χ0n) is 5.81. The zero-order chi connectivity index (χ0) is 7.28. The topological polar surface area (TPSA) is 78.4 Å². The molecule has 9 heavy (non-hydrogen) atoms. The van der Waals surface area contributed by atoms with Crippen molar-refractivity contribution in [3.8, 4) is 0 Å². The Morgan fingerprint density at radius 1 is 1.56 bits per heavy atom. The van der Waals surface area contributed by atoms with Crippen LogP contribution < -0.4 is 16.6 Å². The molecule has 0 aliphatic heterocycles. The van der Waals surface area contributed by atoms with E-state index in [1.54, 1.807) is 0 Å². The van der Waals surface area contributed by atoms with Gasteiger partial charge in [0.2, 0.25) is 0 Å². The molecule has 0 aromatic carbocycles. The van der Waals surface area contributed by atoms with E-state index in [1.807, 2.05) is 13.8 Å². The maximum absolute atomic E-state index is 5.07. The molecule has 4 heteroatoms. The second-order valence-electron chi connectivity index (χ2n) is 1.77. The van der Waals surface area contributed by atoms with E-state index < -0.39 is 0 Å². The highest BCUT2D eigenvalue weighted by atomic mass is 15.3. The maximum atomic E-state index is 5.07. The maximum Gasteiger partial charge on any atom is 0.362 e. The summed E-state index contributed by atoms with van der Waals surface area (Å²) in [6.07, 6.45) is 0.903. The lowest BCUT2D eigenvalue weighted by Crippen LogP contribution is -2.72. The van der Waals surface area contributed by atoms with Crippen molar-refractivity contribution < 1.29 is 5.10 Å². The number of rotatable bonds is 2. The first-order valence-electron chi connectivity index (χ1n) is 2.84. The van der Waals surface area contributed by atoms with Crippen LogP contribution in [0.5, 0.6) is 0 Å². The summed E-state index contributed by atoms with van der Waals surface area (Å²) in [6, 6.07) is 0. The van der Waals surface area contributed by atoms with E-state index in [-0.39, 0.29) is 5.96 Å². The third-order valence-corrected chi connectivity index (χ3v) is 0.888. The van der Waals surface area contributed by atoms with Gasteiger partial charge in [-0.25, -0.2) is 0 Å². The quantitative estimate of drug-likeness (QED) is 0.232. The second-order valence-corrected chi connectivity index (χ2v) is 1.77. The molecule has 0 bridgehead atoms. The standard InChI is InChI=1S/C5H12N4/c1-3-4(2)8-9-5(6)7/h3H2,1-2H3,(H4,6,7,9)/p+1/b8-4-. The van der Waals surface area contributed by atoms with E-state index in [0.29, 0.717) is 0 Å². The number of nitrogens with two attached hydrogens (primary N) is 2. The zero-order valence-corrected chi connectivity index (χ0v) is 5.81. The molecule has 0 radical (unpaired) electrons. The SMILES string of the molecule is CC/C(C)=N\[NH+]=C(N)N. The van der Waals surface area contributed by atoms with Crippen LogP contribution in [0.3, 0.4) is 0 Å².